The van der Waals surface area contributed by atoms with Gasteiger partial charge in [-0.15, -0.1) is 12.4 Å². The van der Waals surface area contributed by atoms with Crippen molar-refractivity contribution in [2.75, 3.05) is 6.54 Å². The minimum Gasteiger partial charge on any atom is -0.354 e. The zero-order valence-corrected chi connectivity index (χ0v) is 11.4. The van der Waals surface area contributed by atoms with Crippen LogP contribution in [0.25, 0.3) is 0 Å². The van der Waals surface area contributed by atoms with Crippen LogP contribution >= 0.6 is 12.4 Å². The van der Waals surface area contributed by atoms with E-state index in [1.807, 2.05) is 30.3 Å². The monoisotopic (exact) mass is 256 g/mol. The van der Waals surface area contributed by atoms with Crippen LogP contribution in [0.4, 0.5) is 0 Å². The van der Waals surface area contributed by atoms with Crippen molar-refractivity contribution >= 4 is 18.3 Å². The van der Waals surface area contributed by atoms with Gasteiger partial charge in [0.15, 0.2) is 0 Å². The number of amides is 1. The largest absolute Gasteiger partial charge is 0.354 e. The molecule has 1 aromatic carbocycles. The molecule has 0 saturated carbocycles. The fourth-order valence-electron chi connectivity index (χ4n) is 1.27. The average molecular weight is 257 g/mol. The molecule has 0 radical (unpaired) electrons. The Morgan fingerprint density at radius 1 is 1.29 bits per heavy atom. The molecule has 3 N–H and O–H groups in total. The topological polar surface area (TPSA) is 55.1 Å². The van der Waals surface area contributed by atoms with E-state index in [4.69, 9.17) is 5.73 Å². The maximum Gasteiger partial charge on any atom is 0.241 e. The molecule has 0 fully saturated rings. The summed E-state index contributed by atoms with van der Waals surface area (Å²) in [6.45, 7) is 6.84. The predicted octanol–water partition coefficient (Wildman–Crippen LogP) is 2.27. The van der Waals surface area contributed by atoms with Crippen molar-refractivity contribution in [1.29, 1.82) is 0 Å². The lowest BCUT2D eigenvalue weighted by molar-refractivity contribution is -0.122. The summed E-state index contributed by atoms with van der Waals surface area (Å²) in [6.07, 6.45) is 0. The maximum absolute atomic E-state index is 11.8. The normalized spacial score (nSPS) is 12.5. The number of carbonyl (C=O) groups excluding carboxylic acids is 1. The SMILES string of the molecule is CC(C)(C)CNC(=O)C(N)c1ccccc1.Cl. The van der Waals surface area contributed by atoms with Gasteiger partial charge in [0.1, 0.15) is 6.04 Å². The Kier molecular flexibility index (Phi) is 6.21. The molecule has 1 amide bonds. The Morgan fingerprint density at radius 3 is 2.29 bits per heavy atom. The van der Waals surface area contributed by atoms with E-state index in [1.165, 1.54) is 0 Å². The molecular weight excluding hydrogens is 236 g/mol. The van der Waals surface area contributed by atoms with Crippen LogP contribution in [0.2, 0.25) is 0 Å². The first-order valence-electron chi connectivity index (χ1n) is 5.48. The molecule has 0 bridgehead atoms. The van der Waals surface area contributed by atoms with Crippen LogP contribution < -0.4 is 11.1 Å². The quantitative estimate of drug-likeness (QED) is 0.872. The van der Waals surface area contributed by atoms with Crippen molar-refractivity contribution in [2.45, 2.75) is 26.8 Å². The van der Waals surface area contributed by atoms with Gasteiger partial charge in [0, 0.05) is 6.54 Å². The Labute approximate surface area is 109 Å². The van der Waals surface area contributed by atoms with Gasteiger partial charge in [0.05, 0.1) is 0 Å². The van der Waals surface area contributed by atoms with E-state index >= 15 is 0 Å². The second-order valence-corrected chi connectivity index (χ2v) is 5.17. The van der Waals surface area contributed by atoms with Crippen molar-refractivity contribution in [3.05, 3.63) is 35.9 Å². The van der Waals surface area contributed by atoms with Gasteiger partial charge in [-0.3, -0.25) is 4.79 Å². The molecular formula is C13H21ClN2O. The van der Waals surface area contributed by atoms with Gasteiger partial charge < -0.3 is 11.1 Å². The molecule has 4 heteroatoms. The number of rotatable bonds is 3. The van der Waals surface area contributed by atoms with Gasteiger partial charge in [0.25, 0.3) is 0 Å². The summed E-state index contributed by atoms with van der Waals surface area (Å²) in [7, 11) is 0. The molecule has 0 heterocycles. The number of hydrogen-bond acceptors (Lipinski definition) is 2. The summed E-state index contributed by atoms with van der Waals surface area (Å²) in [5.41, 5.74) is 6.77. The summed E-state index contributed by atoms with van der Waals surface area (Å²) in [4.78, 5) is 11.8. The Bertz CT molecular complexity index is 346. The minimum atomic E-state index is -0.580. The lowest BCUT2D eigenvalue weighted by Crippen LogP contribution is -2.38. The highest BCUT2D eigenvalue weighted by Gasteiger charge is 2.17. The molecule has 1 atom stereocenters. The molecule has 17 heavy (non-hydrogen) atoms. The number of benzene rings is 1. The minimum absolute atomic E-state index is 0. The molecule has 96 valence electrons. The van der Waals surface area contributed by atoms with E-state index < -0.39 is 6.04 Å². The molecule has 0 aliphatic carbocycles. The van der Waals surface area contributed by atoms with E-state index in [0.717, 1.165) is 5.56 Å². The second kappa shape index (κ2) is 6.62. The summed E-state index contributed by atoms with van der Waals surface area (Å²) >= 11 is 0. The van der Waals surface area contributed by atoms with Crippen molar-refractivity contribution in [2.24, 2.45) is 11.1 Å². The molecule has 0 saturated heterocycles. The lowest BCUT2D eigenvalue weighted by atomic mass is 9.96. The molecule has 0 aliphatic heterocycles. The fourth-order valence-corrected chi connectivity index (χ4v) is 1.27. The van der Waals surface area contributed by atoms with Gasteiger partial charge in [-0.1, -0.05) is 51.1 Å². The van der Waals surface area contributed by atoms with Crippen molar-refractivity contribution in [1.82, 2.24) is 5.32 Å². The molecule has 1 rings (SSSR count). The lowest BCUT2D eigenvalue weighted by Gasteiger charge is -2.20. The Morgan fingerprint density at radius 2 is 1.82 bits per heavy atom. The first-order valence-corrected chi connectivity index (χ1v) is 5.48. The second-order valence-electron chi connectivity index (χ2n) is 5.17. The highest BCUT2D eigenvalue weighted by Crippen LogP contribution is 2.13. The molecule has 3 nitrogen and oxygen atoms in total. The van der Waals surface area contributed by atoms with Crippen molar-refractivity contribution in [3.63, 3.8) is 0 Å². The maximum atomic E-state index is 11.8. The highest BCUT2D eigenvalue weighted by molar-refractivity contribution is 5.85. The average Bonchev–Trinajstić information content (AvgIpc) is 2.25. The smallest absolute Gasteiger partial charge is 0.241 e. The van der Waals surface area contributed by atoms with Crippen LogP contribution in [-0.4, -0.2) is 12.5 Å². The third kappa shape index (κ3) is 5.71. The standard InChI is InChI=1S/C13H20N2O.ClH/c1-13(2,3)9-15-12(16)11(14)10-7-5-4-6-8-10;/h4-8,11H,9,14H2,1-3H3,(H,15,16);1H. The fraction of sp³-hybridized carbons (Fsp3) is 0.462. The summed E-state index contributed by atoms with van der Waals surface area (Å²) < 4.78 is 0. The van der Waals surface area contributed by atoms with Crippen LogP contribution in [0.15, 0.2) is 30.3 Å². The summed E-state index contributed by atoms with van der Waals surface area (Å²) in [6, 6.07) is 8.81. The number of halogens is 1. The molecule has 1 aromatic rings. The zero-order valence-electron chi connectivity index (χ0n) is 10.6. The van der Waals surface area contributed by atoms with E-state index in [9.17, 15) is 4.79 Å². The first kappa shape index (κ1) is 15.9. The first-order chi connectivity index (χ1) is 7.40. The van der Waals surface area contributed by atoms with E-state index in [0.29, 0.717) is 6.54 Å². The third-order valence-corrected chi connectivity index (χ3v) is 2.23. The van der Waals surface area contributed by atoms with Gasteiger partial charge in [-0.05, 0) is 11.0 Å². The van der Waals surface area contributed by atoms with Gasteiger partial charge in [-0.2, -0.15) is 0 Å². The summed E-state index contributed by atoms with van der Waals surface area (Å²) in [5, 5.41) is 2.86. The number of nitrogens with two attached hydrogens (primary N) is 1. The molecule has 1 unspecified atom stereocenters. The number of carbonyl (C=O) groups is 1. The van der Waals surface area contributed by atoms with Gasteiger partial charge in [0.2, 0.25) is 5.91 Å². The van der Waals surface area contributed by atoms with E-state index in [-0.39, 0.29) is 23.7 Å². The van der Waals surface area contributed by atoms with Crippen molar-refractivity contribution in [3.8, 4) is 0 Å². The van der Waals surface area contributed by atoms with Crippen molar-refractivity contribution < 1.29 is 4.79 Å². The molecule has 0 spiro atoms. The van der Waals surface area contributed by atoms with Gasteiger partial charge >= 0.3 is 0 Å². The highest BCUT2D eigenvalue weighted by atomic mass is 35.5. The van der Waals surface area contributed by atoms with E-state index in [2.05, 4.69) is 26.1 Å². The Balaban J connectivity index is 0.00000256. The molecule has 0 aliphatic rings. The molecule has 0 aromatic heterocycles. The zero-order chi connectivity index (χ0) is 12.2. The van der Waals surface area contributed by atoms with Crippen LogP contribution in [0.3, 0.4) is 0 Å². The van der Waals surface area contributed by atoms with Gasteiger partial charge in [-0.25, -0.2) is 0 Å². The third-order valence-electron chi connectivity index (χ3n) is 2.23. The number of hydrogen-bond donors (Lipinski definition) is 2. The predicted molar refractivity (Wildman–Crippen MR) is 73.1 cm³/mol. The van der Waals surface area contributed by atoms with Crippen LogP contribution in [0, 0.1) is 5.41 Å². The Hall–Kier alpha value is -1.06. The van der Waals surface area contributed by atoms with Crippen LogP contribution in [-0.2, 0) is 4.79 Å². The summed E-state index contributed by atoms with van der Waals surface area (Å²) in [5.74, 6) is -0.124. The van der Waals surface area contributed by atoms with E-state index in [1.54, 1.807) is 0 Å². The number of nitrogens with one attached hydrogen (secondary N) is 1. The van der Waals surface area contributed by atoms with Crippen LogP contribution in [0.5, 0.6) is 0 Å². The van der Waals surface area contributed by atoms with Crippen LogP contribution in [0.1, 0.15) is 32.4 Å².